The van der Waals surface area contributed by atoms with Crippen molar-refractivity contribution in [3.05, 3.63) is 35.4 Å². The van der Waals surface area contributed by atoms with Gasteiger partial charge in [0.05, 0.1) is 14.2 Å². The molecule has 0 unspecified atom stereocenters. The first-order valence-electron chi connectivity index (χ1n) is 6.80. The summed E-state index contributed by atoms with van der Waals surface area (Å²) in [6.07, 6.45) is 0.773. The Morgan fingerprint density at radius 2 is 1.67 bits per heavy atom. The second-order valence-electron chi connectivity index (χ2n) is 4.85. The Bertz CT molecular complexity index is 662. The molecule has 2 rings (SSSR count). The third kappa shape index (κ3) is 2.61. The van der Waals surface area contributed by atoms with E-state index in [0.717, 1.165) is 28.7 Å². The van der Waals surface area contributed by atoms with Crippen LogP contribution in [-0.4, -0.2) is 24.4 Å². The van der Waals surface area contributed by atoms with Crippen LogP contribution in [0.1, 0.15) is 18.1 Å². The predicted octanol–water partition coefficient (Wildman–Crippen LogP) is 3.65. The molecule has 0 fully saturated rings. The number of aromatic hydroxyl groups is 2. The number of phenolic OH excluding ortho intramolecular Hbond substituents is 2. The molecule has 0 aliphatic heterocycles. The molecule has 4 heteroatoms. The number of aryl methyl sites for hydroxylation is 2. The van der Waals surface area contributed by atoms with Crippen molar-refractivity contribution in [2.75, 3.05) is 14.2 Å². The molecule has 0 heterocycles. The highest BCUT2D eigenvalue weighted by Crippen LogP contribution is 2.47. The van der Waals surface area contributed by atoms with E-state index < -0.39 is 0 Å². The minimum absolute atomic E-state index is 0.0485. The second-order valence-corrected chi connectivity index (χ2v) is 4.85. The Balaban J connectivity index is 2.80. The number of hydrogen-bond donors (Lipinski definition) is 2. The van der Waals surface area contributed by atoms with E-state index in [0.29, 0.717) is 11.5 Å². The number of benzene rings is 2. The standard InChI is InChI=1S/C17H20O4/c1-5-11-9-12(18)6-7-13(11)15-10(2)8-14(19)16(20-3)17(15)21-4/h6-9,18-19H,5H2,1-4H3. The summed E-state index contributed by atoms with van der Waals surface area (Å²) in [5.74, 6) is 1.09. The number of phenols is 2. The minimum atomic E-state index is 0.0485. The van der Waals surface area contributed by atoms with E-state index in [4.69, 9.17) is 9.47 Å². The molecule has 0 aromatic heterocycles. The first-order valence-corrected chi connectivity index (χ1v) is 6.80. The van der Waals surface area contributed by atoms with Gasteiger partial charge in [0, 0.05) is 5.56 Å². The zero-order valence-electron chi connectivity index (χ0n) is 12.7. The Hall–Kier alpha value is -2.36. The van der Waals surface area contributed by atoms with Crippen LogP contribution >= 0.6 is 0 Å². The second kappa shape index (κ2) is 5.95. The fourth-order valence-electron chi connectivity index (χ4n) is 2.60. The van der Waals surface area contributed by atoms with E-state index in [1.54, 1.807) is 25.3 Å². The van der Waals surface area contributed by atoms with Gasteiger partial charge in [-0.2, -0.15) is 0 Å². The first-order chi connectivity index (χ1) is 10.0. The van der Waals surface area contributed by atoms with Crippen molar-refractivity contribution >= 4 is 0 Å². The summed E-state index contributed by atoms with van der Waals surface area (Å²) in [6, 6.07) is 6.90. The monoisotopic (exact) mass is 288 g/mol. The van der Waals surface area contributed by atoms with Crippen LogP contribution in [0.5, 0.6) is 23.0 Å². The molecule has 0 saturated heterocycles. The van der Waals surface area contributed by atoms with Crippen LogP contribution in [0.25, 0.3) is 11.1 Å². The third-order valence-corrected chi connectivity index (χ3v) is 3.56. The lowest BCUT2D eigenvalue weighted by Crippen LogP contribution is -1.98. The Morgan fingerprint density at radius 1 is 1.00 bits per heavy atom. The summed E-state index contributed by atoms with van der Waals surface area (Å²) >= 11 is 0. The van der Waals surface area contributed by atoms with Crippen LogP contribution in [0, 0.1) is 6.92 Å². The Morgan fingerprint density at radius 3 is 2.24 bits per heavy atom. The van der Waals surface area contributed by atoms with Gasteiger partial charge in [0.2, 0.25) is 5.75 Å². The summed E-state index contributed by atoms with van der Waals surface area (Å²) in [4.78, 5) is 0. The van der Waals surface area contributed by atoms with E-state index >= 15 is 0 Å². The summed E-state index contributed by atoms with van der Waals surface area (Å²) in [6.45, 7) is 3.93. The van der Waals surface area contributed by atoms with Crippen LogP contribution in [-0.2, 0) is 6.42 Å². The lowest BCUT2D eigenvalue weighted by Gasteiger charge is -2.18. The summed E-state index contributed by atoms with van der Waals surface area (Å²) in [7, 11) is 3.04. The molecule has 0 spiro atoms. The van der Waals surface area contributed by atoms with Crippen molar-refractivity contribution in [3.8, 4) is 34.1 Å². The van der Waals surface area contributed by atoms with Crippen LogP contribution in [0.2, 0.25) is 0 Å². The molecule has 0 radical (unpaired) electrons. The molecule has 0 saturated carbocycles. The van der Waals surface area contributed by atoms with Gasteiger partial charge in [-0.15, -0.1) is 0 Å². The lowest BCUT2D eigenvalue weighted by molar-refractivity contribution is 0.333. The third-order valence-electron chi connectivity index (χ3n) is 3.56. The van der Waals surface area contributed by atoms with Crippen molar-refractivity contribution in [3.63, 3.8) is 0 Å². The molecular weight excluding hydrogens is 268 g/mol. The van der Waals surface area contributed by atoms with Gasteiger partial charge in [-0.05, 0) is 48.2 Å². The molecule has 0 amide bonds. The normalized spacial score (nSPS) is 10.5. The Kier molecular flexibility index (Phi) is 4.26. The smallest absolute Gasteiger partial charge is 0.203 e. The van der Waals surface area contributed by atoms with Crippen molar-refractivity contribution < 1.29 is 19.7 Å². The maximum absolute atomic E-state index is 10.0. The molecule has 0 atom stereocenters. The molecule has 2 N–H and O–H groups in total. The molecule has 0 aliphatic carbocycles. The van der Waals surface area contributed by atoms with Gasteiger partial charge in [-0.25, -0.2) is 0 Å². The van der Waals surface area contributed by atoms with E-state index in [2.05, 4.69) is 0 Å². The van der Waals surface area contributed by atoms with Crippen LogP contribution in [0.4, 0.5) is 0 Å². The molecule has 0 aliphatic rings. The number of rotatable bonds is 4. The van der Waals surface area contributed by atoms with Crippen molar-refractivity contribution in [2.24, 2.45) is 0 Å². The van der Waals surface area contributed by atoms with Gasteiger partial charge >= 0.3 is 0 Å². The highest BCUT2D eigenvalue weighted by atomic mass is 16.5. The molecule has 2 aromatic carbocycles. The van der Waals surface area contributed by atoms with Crippen LogP contribution < -0.4 is 9.47 Å². The highest BCUT2D eigenvalue weighted by molar-refractivity contribution is 5.81. The van der Waals surface area contributed by atoms with Gasteiger partial charge < -0.3 is 19.7 Å². The maximum atomic E-state index is 10.0. The summed E-state index contributed by atoms with van der Waals surface area (Å²) in [5, 5.41) is 19.7. The number of hydrogen-bond acceptors (Lipinski definition) is 4. The molecule has 112 valence electrons. The Labute approximate surface area is 124 Å². The lowest BCUT2D eigenvalue weighted by atomic mass is 9.93. The van der Waals surface area contributed by atoms with Gasteiger partial charge in [0.25, 0.3) is 0 Å². The molecule has 4 nitrogen and oxygen atoms in total. The predicted molar refractivity (Wildman–Crippen MR) is 82.4 cm³/mol. The largest absolute Gasteiger partial charge is 0.508 e. The molecule has 2 aromatic rings. The topological polar surface area (TPSA) is 58.9 Å². The average molecular weight is 288 g/mol. The van der Waals surface area contributed by atoms with Crippen LogP contribution in [0.3, 0.4) is 0 Å². The molecular formula is C17H20O4. The minimum Gasteiger partial charge on any atom is -0.508 e. The molecule has 21 heavy (non-hydrogen) atoms. The SMILES string of the molecule is CCc1cc(O)ccc1-c1c(C)cc(O)c(OC)c1OC. The van der Waals surface area contributed by atoms with E-state index in [1.807, 2.05) is 19.9 Å². The fraction of sp³-hybridized carbons (Fsp3) is 0.294. The van der Waals surface area contributed by atoms with Crippen molar-refractivity contribution in [1.82, 2.24) is 0 Å². The quantitative estimate of drug-likeness (QED) is 0.901. The number of methoxy groups -OCH3 is 2. The van der Waals surface area contributed by atoms with Gasteiger partial charge in [0.15, 0.2) is 11.5 Å². The van der Waals surface area contributed by atoms with Gasteiger partial charge in [-0.3, -0.25) is 0 Å². The van der Waals surface area contributed by atoms with E-state index in [-0.39, 0.29) is 11.5 Å². The average Bonchev–Trinajstić information content (AvgIpc) is 2.47. The van der Waals surface area contributed by atoms with E-state index in [1.165, 1.54) is 7.11 Å². The number of ether oxygens (including phenoxy) is 2. The van der Waals surface area contributed by atoms with Crippen LogP contribution in [0.15, 0.2) is 24.3 Å². The summed E-state index contributed by atoms with van der Waals surface area (Å²) in [5.41, 5.74) is 3.71. The van der Waals surface area contributed by atoms with Crippen molar-refractivity contribution in [1.29, 1.82) is 0 Å². The van der Waals surface area contributed by atoms with E-state index in [9.17, 15) is 10.2 Å². The maximum Gasteiger partial charge on any atom is 0.203 e. The zero-order chi connectivity index (χ0) is 15.6. The van der Waals surface area contributed by atoms with Gasteiger partial charge in [-0.1, -0.05) is 13.0 Å². The van der Waals surface area contributed by atoms with Crippen molar-refractivity contribution in [2.45, 2.75) is 20.3 Å². The summed E-state index contributed by atoms with van der Waals surface area (Å²) < 4.78 is 10.7. The van der Waals surface area contributed by atoms with Gasteiger partial charge in [0.1, 0.15) is 5.75 Å². The zero-order valence-corrected chi connectivity index (χ0v) is 12.7. The molecule has 0 bridgehead atoms. The fourth-order valence-corrected chi connectivity index (χ4v) is 2.60. The first kappa shape index (κ1) is 15.0. The highest BCUT2D eigenvalue weighted by Gasteiger charge is 2.20.